The summed E-state index contributed by atoms with van der Waals surface area (Å²) in [4.78, 5) is 15.7. The molecule has 0 amide bonds. The molecule has 106 valence electrons. The molecule has 0 aliphatic heterocycles. The second-order valence-corrected chi connectivity index (χ2v) is 5.16. The molecule has 4 heteroatoms. The van der Waals surface area contributed by atoms with E-state index < -0.39 is 5.97 Å². The number of nitrogens with zero attached hydrogens (tertiary/aromatic N) is 1. The van der Waals surface area contributed by atoms with Crippen LogP contribution in [0.4, 0.5) is 5.82 Å². The van der Waals surface area contributed by atoms with Crippen molar-refractivity contribution < 1.29 is 9.90 Å². The molecule has 0 saturated heterocycles. The summed E-state index contributed by atoms with van der Waals surface area (Å²) in [7, 11) is 0. The third-order valence-corrected chi connectivity index (χ3v) is 3.17. The summed E-state index contributed by atoms with van der Waals surface area (Å²) in [6, 6.07) is 3.62. The highest BCUT2D eigenvalue weighted by molar-refractivity contribution is 5.88. The summed E-state index contributed by atoms with van der Waals surface area (Å²) in [5, 5.41) is 12.5. The molecule has 0 bridgehead atoms. The number of anilines is 1. The molecule has 19 heavy (non-hydrogen) atoms. The fourth-order valence-corrected chi connectivity index (χ4v) is 1.98. The number of aromatic nitrogens is 1. The van der Waals surface area contributed by atoms with Crippen molar-refractivity contribution >= 4 is 11.8 Å². The van der Waals surface area contributed by atoms with E-state index in [9.17, 15) is 4.79 Å². The lowest BCUT2D eigenvalue weighted by atomic mass is 10.1. The molecular weight excluding hydrogens is 240 g/mol. The van der Waals surface area contributed by atoms with Crippen molar-refractivity contribution in [1.82, 2.24) is 4.98 Å². The molecule has 0 fully saturated rings. The van der Waals surface area contributed by atoms with Gasteiger partial charge in [0, 0.05) is 11.7 Å². The van der Waals surface area contributed by atoms with Crippen LogP contribution < -0.4 is 5.32 Å². The first kappa shape index (κ1) is 15.5. The number of carboxylic acid groups (broad SMARTS) is 1. The van der Waals surface area contributed by atoms with Crippen LogP contribution in [0.3, 0.4) is 0 Å². The first-order chi connectivity index (χ1) is 8.97. The normalized spacial score (nSPS) is 12.5. The maximum atomic E-state index is 11.2. The van der Waals surface area contributed by atoms with Crippen LogP contribution in [0.2, 0.25) is 0 Å². The number of hydrogen-bond donors (Lipinski definition) is 2. The van der Waals surface area contributed by atoms with Crippen LogP contribution in [0.15, 0.2) is 12.1 Å². The first-order valence-electron chi connectivity index (χ1n) is 6.99. The lowest BCUT2D eigenvalue weighted by Gasteiger charge is -2.18. The third kappa shape index (κ3) is 4.54. The molecule has 2 N–H and O–H groups in total. The van der Waals surface area contributed by atoms with Crippen LogP contribution in [-0.2, 0) is 0 Å². The maximum Gasteiger partial charge on any atom is 0.335 e. The van der Waals surface area contributed by atoms with E-state index in [-0.39, 0.29) is 5.92 Å². The molecule has 1 aromatic rings. The van der Waals surface area contributed by atoms with E-state index in [1.165, 1.54) is 0 Å². The smallest absolute Gasteiger partial charge is 0.335 e. The SMILES string of the molecule is CCCC(CC)Nc1cc(C(=O)O)cc(C(C)C)n1. The summed E-state index contributed by atoms with van der Waals surface area (Å²) in [5.74, 6) is -0.0223. The molecule has 1 aromatic heterocycles. The van der Waals surface area contributed by atoms with Crippen LogP contribution in [0.25, 0.3) is 0 Å². The molecule has 1 atom stereocenters. The zero-order valence-corrected chi connectivity index (χ0v) is 12.2. The molecule has 0 radical (unpaired) electrons. The van der Waals surface area contributed by atoms with Crippen molar-refractivity contribution in [1.29, 1.82) is 0 Å². The highest BCUT2D eigenvalue weighted by atomic mass is 16.4. The van der Waals surface area contributed by atoms with E-state index in [4.69, 9.17) is 5.11 Å². The molecule has 0 saturated carbocycles. The van der Waals surface area contributed by atoms with Crippen LogP contribution >= 0.6 is 0 Å². The van der Waals surface area contributed by atoms with Gasteiger partial charge in [-0.1, -0.05) is 34.1 Å². The van der Waals surface area contributed by atoms with Crippen molar-refractivity contribution in [3.05, 3.63) is 23.4 Å². The Kier molecular flexibility index (Phi) is 5.80. The van der Waals surface area contributed by atoms with Crippen LogP contribution in [0.5, 0.6) is 0 Å². The number of rotatable bonds is 7. The number of carbonyl (C=O) groups is 1. The topological polar surface area (TPSA) is 62.2 Å². The van der Waals surface area contributed by atoms with Crippen LogP contribution in [-0.4, -0.2) is 22.1 Å². The van der Waals surface area contributed by atoms with Gasteiger partial charge in [0.2, 0.25) is 0 Å². The number of hydrogen-bond acceptors (Lipinski definition) is 3. The van der Waals surface area contributed by atoms with Gasteiger partial charge in [0.25, 0.3) is 0 Å². The van der Waals surface area contributed by atoms with Gasteiger partial charge in [0.05, 0.1) is 5.56 Å². The van der Waals surface area contributed by atoms with Crippen LogP contribution in [0, 0.1) is 0 Å². The standard InChI is InChI=1S/C15H24N2O2/c1-5-7-12(6-2)16-14-9-11(15(18)19)8-13(17-14)10(3)4/h8-10,12H,5-7H2,1-4H3,(H,16,17)(H,18,19). The minimum Gasteiger partial charge on any atom is -0.478 e. The molecule has 1 heterocycles. The summed E-state index contributed by atoms with van der Waals surface area (Å²) >= 11 is 0. The van der Waals surface area contributed by atoms with Crippen molar-refractivity contribution in [2.45, 2.75) is 58.9 Å². The minimum atomic E-state index is -0.907. The van der Waals surface area contributed by atoms with Gasteiger partial charge in [0.1, 0.15) is 5.82 Å². The molecule has 1 rings (SSSR count). The minimum absolute atomic E-state index is 0.214. The van der Waals surface area contributed by atoms with Gasteiger partial charge in [-0.25, -0.2) is 9.78 Å². The monoisotopic (exact) mass is 264 g/mol. The summed E-state index contributed by atoms with van der Waals surface area (Å²) in [5.41, 5.74) is 1.11. The molecule has 4 nitrogen and oxygen atoms in total. The number of pyridine rings is 1. The molecule has 0 aliphatic carbocycles. The molecule has 1 unspecified atom stereocenters. The Morgan fingerprint density at radius 2 is 2.05 bits per heavy atom. The fourth-order valence-electron chi connectivity index (χ4n) is 1.98. The molecule has 0 aliphatic rings. The summed E-state index contributed by atoms with van der Waals surface area (Å²) in [6.07, 6.45) is 3.16. The fraction of sp³-hybridized carbons (Fsp3) is 0.600. The second kappa shape index (κ2) is 7.12. The lowest BCUT2D eigenvalue weighted by molar-refractivity contribution is 0.0696. The number of aromatic carboxylic acids is 1. The zero-order chi connectivity index (χ0) is 14.4. The predicted octanol–water partition coefficient (Wildman–Crippen LogP) is 3.89. The maximum absolute atomic E-state index is 11.2. The van der Waals surface area contributed by atoms with Gasteiger partial charge in [-0.2, -0.15) is 0 Å². The van der Waals surface area contributed by atoms with Gasteiger partial charge in [-0.3, -0.25) is 0 Å². The molecule has 0 aromatic carbocycles. The van der Waals surface area contributed by atoms with E-state index >= 15 is 0 Å². The Hall–Kier alpha value is -1.58. The molecular formula is C15H24N2O2. The van der Waals surface area contributed by atoms with E-state index in [1.807, 2.05) is 13.8 Å². The highest BCUT2D eigenvalue weighted by Gasteiger charge is 2.12. The Morgan fingerprint density at radius 1 is 1.37 bits per heavy atom. The average molecular weight is 264 g/mol. The second-order valence-electron chi connectivity index (χ2n) is 5.16. The third-order valence-electron chi connectivity index (χ3n) is 3.17. The van der Waals surface area contributed by atoms with E-state index in [1.54, 1.807) is 12.1 Å². The highest BCUT2D eigenvalue weighted by Crippen LogP contribution is 2.19. The Labute approximate surface area is 115 Å². The van der Waals surface area contributed by atoms with Gasteiger partial charge >= 0.3 is 5.97 Å². The van der Waals surface area contributed by atoms with E-state index in [2.05, 4.69) is 24.1 Å². The van der Waals surface area contributed by atoms with E-state index in [0.29, 0.717) is 17.4 Å². The largest absolute Gasteiger partial charge is 0.478 e. The number of carboxylic acids is 1. The lowest BCUT2D eigenvalue weighted by Crippen LogP contribution is -2.19. The number of nitrogens with one attached hydrogen (secondary N) is 1. The summed E-state index contributed by atoms with van der Waals surface area (Å²) < 4.78 is 0. The van der Waals surface area contributed by atoms with Crippen molar-refractivity contribution in [3.63, 3.8) is 0 Å². The van der Waals surface area contributed by atoms with Crippen molar-refractivity contribution in [3.8, 4) is 0 Å². The quantitative estimate of drug-likeness (QED) is 0.784. The molecule has 0 spiro atoms. The Morgan fingerprint density at radius 3 is 2.53 bits per heavy atom. The summed E-state index contributed by atoms with van der Waals surface area (Å²) in [6.45, 7) is 8.30. The van der Waals surface area contributed by atoms with Gasteiger partial charge in [0.15, 0.2) is 0 Å². The predicted molar refractivity (Wildman–Crippen MR) is 77.9 cm³/mol. The van der Waals surface area contributed by atoms with Gasteiger partial charge in [-0.05, 0) is 30.9 Å². The Balaban J connectivity index is 3.01. The van der Waals surface area contributed by atoms with Crippen molar-refractivity contribution in [2.75, 3.05) is 5.32 Å². The van der Waals surface area contributed by atoms with Gasteiger partial charge < -0.3 is 10.4 Å². The average Bonchev–Trinajstić information content (AvgIpc) is 2.37. The first-order valence-corrected chi connectivity index (χ1v) is 6.99. The van der Waals surface area contributed by atoms with E-state index in [0.717, 1.165) is 25.0 Å². The van der Waals surface area contributed by atoms with Gasteiger partial charge in [-0.15, -0.1) is 0 Å². The van der Waals surface area contributed by atoms with Crippen LogP contribution in [0.1, 0.15) is 68.9 Å². The zero-order valence-electron chi connectivity index (χ0n) is 12.2. The Bertz CT molecular complexity index is 430. The van der Waals surface area contributed by atoms with Crippen molar-refractivity contribution in [2.24, 2.45) is 0 Å².